The van der Waals surface area contributed by atoms with Gasteiger partial charge < -0.3 is 15.3 Å². The second kappa shape index (κ2) is 9.44. The number of carboxylic acid groups (broad SMARTS) is 1. The smallest absolute Gasteiger partial charge is 0.310 e. The molecule has 7 nitrogen and oxygen atoms in total. The van der Waals surface area contributed by atoms with Crippen LogP contribution in [0.15, 0.2) is 58.2 Å². The highest BCUT2D eigenvalue weighted by Crippen LogP contribution is 2.52. The second-order valence-electron chi connectivity index (χ2n) is 11.7. The van der Waals surface area contributed by atoms with Crippen molar-refractivity contribution >= 4 is 44.4 Å². The molecule has 2 bridgehead atoms. The standard InChI is InChI=1S/C31H32BrN3O4/c1-19-25(22-17-21(32)9-10-23(22)33-26(19)20-7-4-3-5-8-20)27(36)34-31-15-13-30(14-16-31,28(37)38)18-24(31)35-39-29(2)11-6-12-29/h3-5,7-10,17H,6,11-16,18H2,1-2H3,(H,34,36)(H,37,38)/b35-24+. The van der Waals surface area contributed by atoms with E-state index in [1.807, 2.05) is 62.4 Å². The molecule has 39 heavy (non-hydrogen) atoms. The molecule has 0 aliphatic heterocycles. The van der Waals surface area contributed by atoms with Gasteiger partial charge in [-0.1, -0.05) is 51.4 Å². The van der Waals surface area contributed by atoms with E-state index in [-0.39, 0.29) is 17.9 Å². The monoisotopic (exact) mass is 589 g/mol. The Morgan fingerprint density at radius 1 is 1.05 bits per heavy atom. The Morgan fingerprint density at radius 2 is 1.77 bits per heavy atom. The largest absolute Gasteiger partial charge is 0.481 e. The lowest BCUT2D eigenvalue weighted by molar-refractivity contribution is -0.152. The predicted octanol–water partition coefficient (Wildman–Crippen LogP) is 6.81. The molecule has 0 unspecified atom stereocenters. The zero-order valence-electron chi connectivity index (χ0n) is 22.2. The normalized spacial score (nSPS) is 26.3. The average molecular weight is 591 g/mol. The summed E-state index contributed by atoms with van der Waals surface area (Å²) in [6, 6.07) is 15.7. The van der Waals surface area contributed by atoms with Crippen LogP contribution in [0.5, 0.6) is 0 Å². The van der Waals surface area contributed by atoms with E-state index in [4.69, 9.17) is 9.82 Å². The molecule has 4 aliphatic carbocycles. The van der Waals surface area contributed by atoms with Gasteiger partial charge in [-0.15, -0.1) is 0 Å². The lowest BCUT2D eigenvalue weighted by Gasteiger charge is -2.52. The Morgan fingerprint density at radius 3 is 2.41 bits per heavy atom. The molecule has 8 heteroatoms. The molecule has 4 fully saturated rings. The highest BCUT2D eigenvalue weighted by Gasteiger charge is 2.57. The Balaban J connectivity index is 1.42. The summed E-state index contributed by atoms with van der Waals surface area (Å²) in [7, 11) is 0. The third kappa shape index (κ3) is 4.42. The molecular formula is C31H32BrN3O4. The van der Waals surface area contributed by atoms with Crippen LogP contribution in [0.25, 0.3) is 22.2 Å². The van der Waals surface area contributed by atoms with Gasteiger partial charge in [0, 0.05) is 21.8 Å². The summed E-state index contributed by atoms with van der Waals surface area (Å²) in [4.78, 5) is 37.5. The van der Waals surface area contributed by atoms with Gasteiger partial charge in [0.25, 0.3) is 5.91 Å². The first-order chi connectivity index (χ1) is 18.6. The number of carboxylic acids is 1. The van der Waals surface area contributed by atoms with Crippen LogP contribution in [0.1, 0.15) is 74.2 Å². The lowest BCUT2D eigenvalue weighted by Crippen LogP contribution is -2.64. The number of rotatable bonds is 6. The quantitative estimate of drug-likeness (QED) is 0.308. The van der Waals surface area contributed by atoms with Crippen molar-refractivity contribution in [2.75, 3.05) is 0 Å². The molecule has 0 spiro atoms. The zero-order valence-corrected chi connectivity index (χ0v) is 23.8. The highest BCUT2D eigenvalue weighted by atomic mass is 79.9. The fourth-order valence-electron chi connectivity index (χ4n) is 6.43. The molecule has 1 amide bonds. The molecule has 1 heterocycles. The van der Waals surface area contributed by atoms with E-state index in [2.05, 4.69) is 26.4 Å². The minimum atomic E-state index is -0.847. The molecule has 1 aromatic heterocycles. The number of fused-ring (bicyclic) bond motifs is 4. The Bertz CT molecular complexity index is 1510. The fourth-order valence-corrected chi connectivity index (χ4v) is 6.79. The third-order valence-corrected chi connectivity index (χ3v) is 9.67. The molecule has 0 saturated heterocycles. The van der Waals surface area contributed by atoms with Gasteiger partial charge in [0.1, 0.15) is 5.60 Å². The number of carbonyl (C=O) groups is 2. The first-order valence-electron chi connectivity index (χ1n) is 13.6. The average Bonchev–Trinajstić information content (AvgIpc) is 2.91. The second-order valence-corrected chi connectivity index (χ2v) is 12.6. The zero-order chi connectivity index (χ0) is 27.4. The van der Waals surface area contributed by atoms with Gasteiger partial charge in [-0.2, -0.15) is 0 Å². The topological polar surface area (TPSA) is 101 Å². The molecule has 2 N–H and O–H groups in total. The number of carbonyl (C=O) groups excluding carboxylic acids is 1. The highest BCUT2D eigenvalue weighted by molar-refractivity contribution is 9.10. The molecular weight excluding hydrogens is 558 g/mol. The van der Waals surface area contributed by atoms with Crippen LogP contribution in [0, 0.1) is 12.3 Å². The van der Waals surface area contributed by atoms with Crippen LogP contribution < -0.4 is 5.32 Å². The van der Waals surface area contributed by atoms with Gasteiger partial charge in [0.05, 0.1) is 33.4 Å². The Kier molecular flexibility index (Phi) is 6.29. The van der Waals surface area contributed by atoms with Crippen LogP contribution in [0.4, 0.5) is 0 Å². The van der Waals surface area contributed by atoms with Gasteiger partial charge in [-0.05, 0) is 82.6 Å². The van der Waals surface area contributed by atoms with E-state index < -0.39 is 16.9 Å². The van der Waals surface area contributed by atoms with E-state index >= 15 is 0 Å². The van der Waals surface area contributed by atoms with Crippen molar-refractivity contribution in [1.82, 2.24) is 10.3 Å². The molecule has 3 aromatic rings. The van der Waals surface area contributed by atoms with E-state index in [9.17, 15) is 14.7 Å². The number of hydrogen-bond donors (Lipinski definition) is 2. The van der Waals surface area contributed by atoms with Gasteiger partial charge in [-0.3, -0.25) is 9.59 Å². The number of hydrogen-bond acceptors (Lipinski definition) is 5. The summed E-state index contributed by atoms with van der Waals surface area (Å²) in [5, 5.41) is 18.8. The van der Waals surface area contributed by atoms with Crippen LogP contribution in [-0.4, -0.2) is 38.8 Å². The molecule has 0 radical (unpaired) electrons. The van der Waals surface area contributed by atoms with E-state index in [0.29, 0.717) is 37.0 Å². The first-order valence-corrected chi connectivity index (χ1v) is 14.4. The minimum Gasteiger partial charge on any atom is -0.481 e. The van der Waals surface area contributed by atoms with E-state index in [0.717, 1.165) is 51.5 Å². The molecule has 0 atom stereocenters. The summed E-state index contributed by atoms with van der Waals surface area (Å²) in [5.41, 5.74) is 2.54. The van der Waals surface area contributed by atoms with Crippen LogP contribution in [0.3, 0.4) is 0 Å². The summed E-state index contributed by atoms with van der Waals surface area (Å²) in [5.74, 6) is -1.000. The van der Waals surface area contributed by atoms with E-state index in [1.54, 1.807) is 0 Å². The van der Waals surface area contributed by atoms with Crippen molar-refractivity contribution in [2.24, 2.45) is 10.6 Å². The number of amides is 1. The van der Waals surface area contributed by atoms with Crippen LogP contribution in [0.2, 0.25) is 0 Å². The van der Waals surface area contributed by atoms with Gasteiger partial charge in [0.2, 0.25) is 0 Å². The van der Waals surface area contributed by atoms with Crippen LogP contribution >= 0.6 is 15.9 Å². The minimum absolute atomic E-state index is 0.206. The van der Waals surface area contributed by atoms with E-state index in [1.165, 1.54) is 0 Å². The SMILES string of the molecule is Cc1c(-c2ccccc2)nc2ccc(Br)cc2c1C(=O)NC12CCC(C(=O)O)(CC1)C/C2=N\OC1(C)CCC1. The molecule has 2 aromatic carbocycles. The maximum atomic E-state index is 14.3. The molecule has 7 rings (SSSR count). The number of benzene rings is 2. The first kappa shape index (κ1) is 26.0. The fraction of sp³-hybridized carbons (Fsp3) is 0.419. The van der Waals surface area contributed by atoms with Crippen molar-refractivity contribution in [3.05, 3.63) is 64.1 Å². The summed E-state index contributed by atoms with van der Waals surface area (Å²) < 4.78 is 0.863. The lowest BCUT2D eigenvalue weighted by atomic mass is 9.56. The number of pyridine rings is 1. The maximum absolute atomic E-state index is 14.3. The number of aromatic nitrogens is 1. The van der Waals surface area contributed by atoms with Gasteiger partial charge >= 0.3 is 5.97 Å². The number of oxime groups is 1. The van der Waals surface area contributed by atoms with Crippen molar-refractivity contribution < 1.29 is 19.5 Å². The van der Waals surface area contributed by atoms with Gasteiger partial charge in [-0.25, -0.2) is 4.98 Å². The molecule has 202 valence electrons. The Labute approximate surface area is 236 Å². The third-order valence-electron chi connectivity index (χ3n) is 9.18. The number of aliphatic carboxylic acids is 1. The molecule has 4 aliphatic rings. The Hall–Kier alpha value is -3.26. The number of nitrogens with zero attached hydrogens (tertiary/aromatic N) is 2. The van der Waals surface area contributed by atoms with Crippen molar-refractivity contribution in [1.29, 1.82) is 0 Å². The predicted molar refractivity (Wildman–Crippen MR) is 154 cm³/mol. The van der Waals surface area contributed by atoms with Gasteiger partial charge in [0.15, 0.2) is 0 Å². The summed E-state index contributed by atoms with van der Waals surface area (Å²) >= 11 is 3.56. The van der Waals surface area contributed by atoms with Crippen LogP contribution in [-0.2, 0) is 9.63 Å². The summed E-state index contributed by atoms with van der Waals surface area (Å²) in [6.45, 7) is 3.98. The summed E-state index contributed by atoms with van der Waals surface area (Å²) in [6.07, 6.45) is 5.25. The van der Waals surface area contributed by atoms with Crippen molar-refractivity contribution in [2.45, 2.75) is 76.4 Å². The van der Waals surface area contributed by atoms with Crippen molar-refractivity contribution in [3.8, 4) is 11.3 Å². The van der Waals surface area contributed by atoms with Crippen molar-refractivity contribution in [3.63, 3.8) is 0 Å². The number of halogens is 1. The molecule has 4 saturated carbocycles. The maximum Gasteiger partial charge on any atom is 0.310 e. The number of nitrogens with one attached hydrogen (secondary N) is 1.